The number of hydrogen-bond donors (Lipinski definition) is 1. The predicted molar refractivity (Wildman–Crippen MR) is 116 cm³/mol. The van der Waals surface area contributed by atoms with Gasteiger partial charge in [0.25, 0.3) is 0 Å². The number of morpholine rings is 1. The Balaban J connectivity index is 1.63. The second-order valence-electron chi connectivity index (χ2n) is 7.18. The van der Waals surface area contributed by atoms with Crippen LogP contribution in [-0.4, -0.2) is 49.9 Å². The number of nitrogens with zero attached hydrogens (tertiary/aromatic N) is 2. The van der Waals surface area contributed by atoms with Crippen molar-refractivity contribution < 1.29 is 19.2 Å². The highest BCUT2D eigenvalue weighted by atomic mass is 16.7. The Morgan fingerprint density at radius 1 is 1.07 bits per heavy atom. The number of carbonyl (C=O) groups is 2. The standard InChI is InChI=1S/C23H27N3O4/c1-17(20-8-10-21(11-9-20)26-12-14-29-15-13-26)25-30-23(28)22(24-18(2)27)16-19-6-4-3-5-7-19/h3-11,22H,12-16H2,1-2H3,(H,24,27)/b25-17+/t22-/m0/s1. The highest BCUT2D eigenvalue weighted by molar-refractivity contribution is 5.99. The molecule has 7 nitrogen and oxygen atoms in total. The topological polar surface area (TPSA) is 80.2 Å². The van der Waals surface area contributed by atoms with Crippen LogP contribution in [0.25, 0.3) is 0 Å². The lowest BCUT2D eigenvalue weighted by atomic mass is 10.1. The molecule has 30 heavy (non-hydrogen) atoms. The zero-order valence-corrected chi connectivity index (χ0v) is 17.3. The third kappa shape index (κ3) is 6.15. The summed E-state index contributed by atoms with van der Waals surface area (Å²) >= 11 is 0. The third-order valence-electron chi connectivity index (χ3n) is 4.88. The van der Waals surface area contributed by atoms with Crippen molar-refractivity contribution >= 4 is 23.3 Å². The van der Waals surface area contributed by atoms with Crippen molar-refractivity contribution in [3.05, 3.63) is 65.7 Å². The lowest BCUT2D eigenvalue weighted by Crippen LogP contribution is -2.41. The fourth-order valence-corrected chi connectivity index (χ4v) is 3.25. The van der Waals surface area contributed by atoms with E-state index in [-0.39, 0.29) is 5.91 Å². The summed E-state index contributed by atoms with van der Waals surface area (Å²) in [5.41, 5.74) is 3.49. The molecular weight excluding hydrogens is 382 g/mol. The van der Waals surface area contributed by atoms with Crippen molar-refractivity contribution in [1.82, 2.24) is 5.32 Å². The van der Waals surface area contributed by atoms with Gasteiger partial charge in [0.15, 0.2) is 0 Å². The van der Waals surface area contributed by atoms with Crippen LogP contribution < -0.4 is 10.2 Å². The van der Waals surface area contributed by atoms with E-state index in [2.05, 4.69) is 15.4 Å². The molecule has 3 rings (SSSR count). The first kappa shape index (κ1) is 21.5. The van der Waals surface area contributed by atoms with E-state index in [0.29, 0.717) is 12.1 Å². The smallest absolute Gasteiger partial charge is 0.357 e. The molecule has 1 amide bonds. The quantitative estimate of drug-likeness (QED) is 0.432. The maximum Gasteiger partial charge on any atom is 0.357 e. The number of ether oxygens (including phenoxy) is 1. The first-order valence-corrected chi connectivity index (χ1v) is 10.0. The minimum atomic E-state index is -0.801. The normalized spacial score (nSPS) is 15.4. The van der Waals surface area contributed by atoms with Crippen LogP contribution in [0, 0.1) is 0 Å². The summed E-state index contributed by atoms with van der Waals surface area (Å²) in [6.45, 7) is 6.36. The molecule has 158 valence electrons. The molecule has 1 saturated heterocycles. The monoisotopic (exact) mass is 409 g/mol. The summed E-state index contributed by atoms with van der Waals surface area (Å²) in [5, 5.41) is 6.63. The summed E-state index contributed by atoms with van der Waals surface area (Å²) in [4.78, 5) is 31.4. The SMILES string of the molecule is CC(=O)N[C@@H](Cc1ccccc1)C(=O)O/N=C(\C)c1ccc(N2CCOCC2)cc1. The van der Waals surface area contributed by atoms with Crippen molar-refractivity contribution in [2.45, 2.75) is 26.3 Å². The van der Waals surface area contributed by atoms with Gasteiger partial charge in [0, 0.05) is 32.1 Å². The van der Waals surface area contributed by atoms with Crippen LogP contribution in [0.4, 0.5) is 5.69 Å². The number of carbonyl (C=O) groups excluding carboxylic acids is 2. The molecule has 2 aromatic rings. The number of hydrogen-bond acceptors (Lipinski definition) is 6. The van der Waals surface area contributed by atoms with Crippen LogP contribution in [0.15, 0.2) is 59.8 Å². The lowest BCUT2D eigenvalue weighted by molar-refractivity contribution is -0.147. The average Bonchev–Trinajstić information content (AvgIpc) is 2.78. The van der Waals surface area contributed by atoms with Crippen molar-refractivity contribution in [2.75, 3.05) is 31.2 Å². The van der Waals surface area contributed by atoms with Crippen molar-refractivity contribution in [1.29, 1.82) is 0 Å². The second kappa shape index (κ2) is 10.5. The molecule has 0 radical (unpaired) electrons. The average molecular weight is 409 g/mol. The van der Waals surface area contributed by atoms with Crippen LogP contribution in [0.5, 0.6) is 0 Å². The molecule has 2 aromatic carbocycles. The molecule has 7 heteroatoms. The first-order chi connectivity index (χ1) is 14.5. The van der Waals surface area contributed by atoms with E-state index in [1.165, 1.54) is 6.92 Å². The highest BCUT2D eigenvalue weighted by Crippen LogP contribution is 2.17. The van der Waals surface area contributed by atoms with E-state index >= 15 is 0 Å². The summed E-state index contributed by atoms with van der Waals surface area (Å²) < 4.78 is 5.38. The van der Waals surface area contributed by atoms with E-state index in [9.17, 15) is 9.59 Å². The lowest BCUT2D eigenvalue weighted by Gasteiger charge is -2.28. The van der Waals surface area contributed by atoms with Gasteiger partial charge in [0.1, 0.15) is 6.04 Å². The Morgan fingerprint density at radius 3 is 2.37 bits per heavy atom. The Morgan fingerprint density at radius 2 is 1.73 bits per heavy atom. The molecule has 1 heterocycles. The summed E-state index contributed by atoms with van der Waals surface area (Å²) in [6, 6.07) is 16.6. The summed E-state index contributed by atoms with van der Waals surface area (Å²) in [5.74, 6) is -0.898. The molecule has 1 fully saturated rings. The molecular formula is C23H27N3O4. The number of amides is 1. The van der Waals surface area contributed by atoms with Gasteiger partial charge in [-0.15, -0.1) is 0 Å². The first-order valence-electron chi connectivity index (χ1n) is 10.0. The van der Waals surface area contributed by atoms with Gasteiger partial charge in [-0.3, -0.25) is 4.79 Å². The molecule has 0 bridgehead atoms. The van der Waals surface area contributed by atoms with E-state index in [4.69, 9.17) is 9.57 Å². The molecule has 0 unspecified atom stereocenters. The Kier molecular flexibility index (Phi) is 7.57. The van der Waals surface area contributed by atoms with Gasteiger partial charge in [-0.2, -0.15) is 0 Å². The number of benzene rings is 2. The minimum Gasteiger partial charge on any atom is -0.378 e. The Bertz CT molecular complexity index is 875. The maximum absolute atomic E-state index is 12.5. The molecule has 1 aliphatic heterocycles. The van der Waals surface area contributed by atoms with Gasteiger partial charge in [-0.1, -0.05) is 47.6 Å². The summed E-state index contributed by atoms with van der Waals surface area (Å²) in [7, 11) is 0. The van der Waals surface area contributed by atoms with E-state index < -0.39 is 12.0 Å². The van der Waals surface area contributed by atoms with Gasteiger partial charge in [-0.05, 0) is 30.2 Å². The fourth-order valence-electron chi connectivity index (χ4n) is 3.25. The van der Waals surface area contributed by atoms with Crippen LogP contribution in [0.1, 0.15) is 25.0 Å². The van der Waals surface area contributed by atoms with E-state index in [1.807, 2.05) is 54.6 Å². The molecule has 0 spiro atoms. The zero-order chi connectivity index (χ0) is 21.3. The van der Waals surface area contributed by atoms with Crippen molar-refractivity contribution in [3.63, 3.8) is 0 Å². The number of anilines is 1. The van der Waals surface area contributed by atoms with Gasteiger partial charge < -0.3 is 19.8 Å². The Labute approximate surface area is 176 Å². The zero-order valence-electron chi connectivity index (χ0n) is 17.3. The second-order valence-corrected chi connectivity index (χ2v) is 7.18. The molecule has 1 aliphatic rings. The van der Waals surface area contributed by atoms with E-state index in [1.54, 1.807) is 6.92 Å². The van der Waals surface area contributed by atoms with E-state index in [0.717, 1.165) is 43.1 Å². The van der Waals surface area contributed by atoms with Gasteiger partial charge in [0.05, 0.1) is 18.9 Å². The molecule has 0 aliphatic carbocycles. The van der Waals surface area contributed by atoms with Crippen LogP contribution in [0.3, 0.4) is 0 Å². The van der Waals surface area contributed by atoms with Gasteiger partial charge in [-0.25, -0.2) is 4.79 Å². The van der Waals surface area contributed by atoms with Gasteiger partial charge >= 0.3 is 5.97 Å². The number of oxime groups is 1. The third-order valence-corrected chi connectivity index (χ3v) is 4.88. The predicted octanol–water partition coefficient (Wildman–Crippen LogP) is 2.54. The Hall–Kier alpha value is -3.19. The minimum absolute atomic E-state index is 0.299. The highest BCUT2D eigenvalue weighted by Gasteiger charge is 2.22. The molecule has 0 aromatic heterocycles. The number of nitrogens with one attached hydrogen (secondary N) is 1. The van der Waals surface area contributed by atoms with Crippen LogP contribution in [0.2, 0.25) is 0 Å². The van der Waals surface area contributed by atoms with Crippen molar-refractivity contribution in [2.24, 2.45) is 5.16 Å². The fraction of sp³-hybridized carbons (Fsp3) is 0.348. The number of rotatable bonds is 7. The largest absolute Gasteiger partial charge is 0.378 e. The maximum atomic E-state index is 12.5. The van der Waals surface area contributed by atoms with Crippen LogP contribution >= 0.6 is 0 Å². The van der Waals surface area contributed by atoms with Gasteiger partial charge in [0.2, 0.25) is 5.91 Å². The molecule has 1 N–H and O–H groups in total. The van der Waals surface area contributed by atoms with Crippen molar-refractivity contribution in [3.8, 4) is 0 Å². The van der Waals surface area contributed by atoms with Crippen LogP contribution in [-0.2, 0) is 25.6 Å². The summed E-state index contributed by atoms with van der Waals surface area (Å²) in [6.07, 6.45) is 0.335. The molecule has 1 atom stereocenters. The molecule has 0 saturated carbocycles.